The lowest BCUT2D eigenvalue weighted by Crippen LogP contribution is -2.35. The summed E-state index contributed by atoms with van der Waals surface area (Å²) in [5.41, 5.74) is 0.333. The Morgan fingerprint density at radius 1 is 1.19 bits per heavy atom. The van der Waals surface area contributed by atoms with Crippen molar-refractivity contribution in [1.29, 1.82) is 0 Å². The van der Waals surface area contributed by atoms with Gasteiger partial charge in [0.25, 0.3) is 0 Å². The van der Waals surface area contributed by atoms with E-state index in [1.165, 1.54) is 32.2 Å². The fourth-order valence-electron chi connectivity index (χ4n) is 3.69. The molecule has 7 nitrogen and oxygen atoms in total. The molecule has 0 radical (unpaired) electrons. The van der Waals surface area contributed by atoms with Gasteiger partial charge in [0.2, 0.25) is 21.8 Å². The van der Waals surface area contributed by atoms with Crippen LogP contribution in [0.25, 0.3) is 0 Å². The Labute approximate surface area is 183 Å². The number of rotatable bonds is 5. The third-order valence-electron chi connectivity index (χ3n) is 5.15. The van der Waals surface area contributed by atoms with E-state index in [2.05, 4.69) is 5.32 Å². The van der Waals surface area contributed by atoms with Gasteiger partial charge in [-0.2, -0.15) is 17.5 Å². The van der Waals surface area contributed by atoms with Crippen molar-refractivity contribution in [2.45, 2.75) is 37.4 Å². The van der Waals surface area contributed by atoms with Gasteiger partial charge >= 0.3 is 6.18 Å². The molecule has 2 aromatic rings. The smallest absolute Gasteiger partial charge is 0.325 e. The summed E-state index contributed by atoms with van der Waals surface area (Å²) in [6.45, 7) is 2.71. The molecule has 0 saturated carbocycles. The van der Waals surface area contributed by atoms with Crippen LogP contribution in [-0.2, 0) is 32.2 Å². The zero-order valence-corrected chi connectivity index (χ0v) is 18.4. The summed E-state index contributed by atoms with van der Waals surface area (Å²) in [6, 6.07) is 8.37. The van der Waals surface area contributed by atoms with E-state index in [1.807, 2.05) is 6.92 Å². The number of hydrogen-bond donors (Lipinski definition) is 1. The second-order valence-corrected chi connectivity index (χ2v) is 9.67. The van der Waals surface area contributed by atoms with Crippen molar-refractivity contribution >= 4 is 33.2 Å². The van der Waals surface area contributed by atoms with Crippen molar-refractivity contribution in [3.05, 3.63) is 53.6 Å². The van der Waals surface area contributed by atoms with Crippen LogP contribution < -0.4 is 10.2 Å². The number of amides is 2. The highest BCUT2D eigenvalue weighted by atomic mass is 32.2. The van der Waals surface area contributed by atoms with Crippen molar-refractivity contribution in [2.24, 2.45) is 0 Å². The Balaban J connectivity index is 1.74. The molecule has 1 N–H and O–H groups in total. The fourth-order valence-corrected chi connectivity index (χ4v) is 4.87. The molecule has 0 aromatic heterocycles. The first-order valence-corrected chi connectivity index (χ1v) is 11.1. The van der Waals surface area contributed by atoms with Crippen LogP contribution in [0.4, 0.5) is 24.5 Å². The first-order valence-electron chi connectivity index (χ1n) is 9.67. The number of carbonyl (C=O) groups is 2. The molecule has 0 bridgehead atoms. The average Bonchev–Trinajstić information content (AvgIpc) is 3.02. The number of nitrogens with zero attached hydrogens (tertiary/aromatic N) is 2. The molecule has 1 aliphatic heterocycles. The second kappa shape index (κ2) is 8.55. The molecule has 0 unspecified atom stereocenters. The molecule has 172 valence electrons. The lowest BCUT2D eigenvalue weighted by Gasteiger charge is -2.21. The first kappa shape index (κ1) is 23.7. The Bertz CT molecular complexity index is 1170. The molecule has 32 heavy (non-hydrogen) atoms. The molecular formula is C21H22F3N3O4S. The number of sulfonamides is 1. The Kier molecular flexibility index (Phi) is 6.34. The van der Waals surface area contributed by atoms with Crippen molar-refractivity contribution in [2.75, 3.05) is 23.8 Å². The van der Waals surface area contributed by atoms with Crippen LogP contribution in [0.1, 0.15) is 25.0 Å². The maximum atomic E-state index is 12.9. The molecular weight excluding hydrogens is 447 g/mol. The number of alkyl halides is 3. The fraction of sp³-hybridized carbons (Fsp3) is 0.333. The minimum atomic E-state index is -4.57. The predicted octanol–water partition coefficient (Wildman–Crippen LogP) is 3.26. The minimum absolute atomic E-state index is 0.0387. The average molecular weight is 469 g/mol. The number of likely N-dealkylation sites (N-methyl/N-ethyl adjacent to an activating group) is 1. The number of hydrogen-bond acceptors (Lipinski definition) is 4. The van der Waals surface area contributed by atoms with Crippen molar-refractivity contribution in [3.8, 4) is 0 Å². The maximum Gasteiger partial charge on any atom is 0.416 e. The summed E-state index contributed by atoms with van der Waals surface area (Å²) in [6.07, 6.45) is -4.07. The van der Waals surface area contributed by atoms with Crippen LogP contribution in [0, 0.1) is 0 Å². The second-order valence-electron chi connectivity index (χ2n) is 7.62. The van der Waals surface area contributed by atoms with E-state index in [1.54, 1.807) is 11.0 Å². The van der Waals surface area contributed by atoms with Gasteiger partial charge < -0.3 is 10.2 Å². The van der Waals surface area contributed by atoms with Crippen LogP contribution in [0.2, 0.25) is 0 Å². The van der Waals surface area contributed by atoms with Crippen LogP contribution >= 0.6 is 0 Å². The molecule has 0 saturated heterocycles. The quantitative estimate of drug-likeness (QED) is 0.728. The van der Waals surface area contributed by atoms with E-state index in [-0.39, 0.29) is 22.5 Å². The highest BCUT2D eigenvalue weighted by molar-refractivity contribution is 7.89. The van der Waals surface area contributed by atoms with Gasteiger partial charge in [-0.15, -0.1) is 0 Å². The molecule has 0 aliphatic carbocycles. The molecule has 2 aromatic carbocycles. The lowest BCUT2D eigenvalue weighted by atomic mass is 10.1. The number of anilines is 2. The van der Waals surface area contributed by atoms with Crippen molar-refractivity contribution in [3.63, 3.8) is 0 Å². The van der Waals surface area contributed by atoms with Gasteiger partial charge in [0.1, 0.15) is 0 Å². The van der Waals surface area contributed by atoms with E-state index in [9.17, 15) is 31.2 Å². The first-order chi connectivity index (χ1) is 14.8. The summed E-state index contributed by atoms with van der Waals surface area (Å²) < 4.78 is 65.1. The van der Waals surface area contributed by atoms with Gasteiger partial charge in [0.05, 0.1) is 17.0 Å². The predicted molar refractivity (Wildman–Crippen MR) is 113 cm³/mol. The van der Waals surface area contributed by atoms with E-state index in [4.69, 9.17) is 0 Å². The SMILES string of the molecule is CC(=O)N1c2ccc(S(=O)(=O)N(C)CC(=O)Nc3cccc(C(F)(F)F)c3)cc2C[C@@H]1C. The molecule has 3 rings (SSSR count). The van der Waals surface area contributed by atoms with Crippen molar-refractivity contribution in [1.82, 2.24) is 4.31 Å². The van der Waals surface area contributed by atoms with Crippen molar-refractivity contribution < 1.29 is 31.2 Å². The maximum absolute atomic E-state index is 12.9. The van der Waals surface area contributed by atoms with Crippen LogP contribution in [0.15, 0.2) is 47.4 Å². The van der Waals surface area contributed by atoms with E-state index < -0.39 is 34.2 Å². The third kappa shape index (κ3) is 4.78. The number of fused-ring (bicyclic) bond motifs is 1. The monoisotopic (exact) mass is 469 g/mol. The molecule has 11 heteroatoms. The van der Waals surface area contributed by atoms with Crippen LogP contribution in [-0.4, -0.2) is 44.2 Å². The highest BCUT2D eigenvalue weighted by Crippen LogP contribution is 2.34. The van der Waals surface area contributed by atoms with E-state index in [0.29, 0.717) is 17.7 Å². The third-order valence-corrected chi connectivity index (χ3v) is 6.95. The van der Waals surface area contributed by atoms with E-state index >= 15 is 0 Å². The standard InChI is InChI=1S/C21H22F3N3O4S/c1-13-9-15-10-18(7-8-19(15)27(13)14(2)28)32(30,31)26(3)12-20(29)25-17-6-4-5-16(11-17)21(22,23)24/h4-8,10-11,13H,9,12H2,1-3H3,(H,25,29)/t13-/m0/s1. The van der Waals surface area contributed by atoms with Gasteiger partial charge in [-0.05, 0) is 55.3 Å². The number of nitrogens with one attached hydrogen (secondary N) is 1. The molecule has 0 spiro atoms. The highest BCUT2D eigenvalue weighted by Gasteiger charge is 2.32. The summed E-state index contributed by atoms with van der Waals surface area (Å²) in [4.78, 5) is 25.7. The van der Waals surface area contributed by atoms with E-state index in [0.717, 1.165) is 22.5 Å². The normalized spacial score (nSPS) is 16.2. The summed E-state index contributed by atoms with van der Waals surface area (Å²) >= 11 is 0. The van der Waals surface area contributed by atoms with Crippen LogP contribution in [0.3, 0.4) is 0 Å². The Morgan fingerprint density at radius 3 is 2.50 bits per heavy atom. The molecule has 1 heterocycles. The summed E-state index contributed by atoms with van der Waals surface area (Å²) in [7, 11) is -2.84. The molecule has 1 atom stereocenters. The largest absolute Gasteiger partial charge is 0.416 e. The van der Waals surface area contributed by atoms with Crippen LogP contribution in [0.5, 0.6) is 0 Å². The van der Waals surface area contributed by atoms with Gasteiger partial charge in [0, 0.05) is 31.4 Å². The number of halogens is 3. The lowest BCUT2D eigenvalue weighted by molar-refractivity contribution is -0.137. The Hall–Kier alpha value is -2.92. The number of benzene rings is 2. The molecule has 2 amide bonds. The Morgan fingerprint density at radius 2 is 1.88 bits per heavy atom. The van der Waals surface area contributed by atoms with Gasteiger partial charge in [-0.3, -0.25) is 9.59 Å². The number of carbonyl (C=O) groups excluding carboxylic acids is 2. The van der Waals surface area contributed by atoms with Gasteiger partial charge in [0.15, 0.2) is 0 Å². The molecule has 1 aliphatic rings. The summed E-state index contributed by atoms with van der Waals surface area (Å²) in [5.74, 6) is -0.928. The van der Waals surface area contributed by atoms with Gasteiger partial charge in [-0.1, -0.05) is 6.07 Å². The molecule has 0 fully saturated rings. The summed E-state index contributed by atoms with van der Waals surface area (Å²) in [5, 5.41) is 2.29. The zero-order chi connectivity index (χ0) is 23.8. The topological polar surface area (TPSA) is 86.8 Å². The zero-order valence-electron chi connectivity index (χ0n) is 17.6. The minimum Gasteiger partial charge on any atom is -0.325 e. The van der Waals surface area contributed by atoms with Gasteiger partial charge in [-0.25, -0.2) is 8.42 Å².